The van der Waals surface area contributed by atoms with E-state index in [2.05, 4.69) is 10.6 Å². The second kappa shape index (κ2) is 9.94. The summed E-state index contributed by atoms with van der Waals surface area (Å²) in [6.45, 7) is 2.25. The number of hydrogen-bond donors (Lipinski definition) is 2. The van der Waals surface area contributed by atoms with Gasteiger partial charge in [0, 0.05) is 30.2 Å². The van der Waals surface area contributed by atoms with Gasteiger partial charge in [-0.05, 0) is 36.8 Å². The lowest BCUT2D eigenvalue weighted by Crippen LogP contribution is -2.51. The van der Waals surface area contributed by atoms with E-state index in [9.17, 15) is 9.59 Å². The third-order valence-corrected chi connectivity index (χ3v) is 4.07. The van der Waals surface area contributed by atoms with Gasteiger partial charge in [-0.2, -0.15) is 0 Å². The number of methoxy groups -OCH3 is 1. The number of nitrogens with one attached hydrogen (secondary N) is 2. The van der Waals surface area contributed by atoms with Crippen LogP contribution in [0.1, 0.15) is 22.8 Å². The zero-order valence-corrected chi connectivity index (χ0v) is 15.6. The molecule has 5 nitrogen and oxygen atoms in total. The number of hydrogen-bond acceptors (Lipinski definition) is 3. The first kappa shape index (κ1) is 19.9. The summed E-state index contributed by atoms with van der Waals surface area (Å²) in [5.74, 6) is -0.571. The lowest BCUT2D eigenvalue weighted by molar-refractivity contribution is -0.123. The van der Waals surface area contributed by atoms with Crippen LogP contribution in [-0.2, 0) is 16.0 Å². The summed E-state index contributed by atoms with van der Waals surface area (Å²) < 4.78 is 5.05. The van der Waals surface area contributed by atoms with Crippen LogP contribution in [0.5, 0.6) is 0 Å². The molecule has 0 aliphatic rings. The monoisotopic (exact) mass is 374 g/mol. The fourth-order valence-electron chi connectivity index (χ4n) is 2.54. The molecular formula is C20H23ClN2O3. The van der Waals surface area contributed by atoms with Gasteiger partial charge in [-0.25, -0.2) is 0 Å². The highest BCUT2D eigenvalue weighted by atomic mass is 35.5. The van der Waals surface area contributed by atoms with E-state index in [0.717, 1.165) is 5.56 Å². The van der Waals surface area contributed by atoms with Crippen LogP contribution in [0, 0.1) is 0 Å². The van der Waals surface area contributed by atoms with Crippen molar-refractivity contribution >= 4 is 23.4 Å². The van der Waals surface area contributed by atoms with Gasteiger partial charge in [0.15, 0.2) is 0 Å². The summed E-state index contributed by atoms with van der Waals surface area (Å²) in [5, 5.41) is 6.23. The Morgan fingerprint density at radius 3 is 2.31 bits per heavy atom. The van der Waals surface area contributed by atoms with Crippen LogP contribution in [0.15, 0.2) is 54.6 Å². The van der Waals surface area contributed by atoms with Crippen LogP contribution >= 0.6 is 11.6 Å². The Balaban J connectivity index is 2.12. The van der Waals surface area contributed by atoms with Gasteiger partial charge in [-0.3, -0.25) is 9.59 Å². The molecule has 26 heavy (non-hydrogen) atoms. The molecule has 0 aliphatic carbocycles. The zero-order valence-electron chi connectivity index (χ0n) is 14.9. The Bertz CT molecular complexity index is 720. The van der Waals surface area contributed by atoms with Gasteiger partial charge in [-0.1, -0.05) is 41.9 Å². The molecule has 2 unspecified atom stereocenters. The minimum atomic E-state index is -0.695. The van der Waals surface area contributed by atoms with E-state index in [1.807, 2.05) is 37.3 Å². The van der Waals surface area contributed by atoms with E-state index in [1.165, 1.54) is 0 Å². The van der Waals surface area contributed by atoms with Crippen molar-refractivity contribution in [2.75, 3.05) is 13.7 Å². The summed E-state index contributed by atoms with van der Waals surface area (Å²) in [6.07, 6.45) is 0.395. The van der Waals surface area contributed by atoms with Crippen molar-refractivity contribution in [2.45, 2.75) is 25.4 Å². The normalized spacial score (nSPS) is 12.9. The van der Waals surface area contributed by atoms with Gasteiger partial charge in [0.25, 0.3) is 5.91 Å². The molecule has 138 valence electrons. The molecule has 0 heterocycles. The third-order valence-electron chi connectivity index (χ3n) is 3.82. The molecule has 2 atom stereocenters. The second-order valence-electron chi connectivity index (χ2n) is 6.09. The predicted octanol–water partition coefficient (Wildman–Crippen LogP) is 2.83. The fraction of sp³-hybridized carbons (Fsp3) is 0.300. The standard InChI is InChI=1S/C20H23ClN2O3/c1-14(13-26-2)22-20(25)18(12-15-6-4-3-5-7-15)23-19(24)16-8-10-17(21)11-9-16/h3-11,14,18H,12-13H2,1-2H3,(H,22,25)(H,23,24). The summed E-state index contributed by atoms with van der Waals surface area (Å²) in [5.41, 5.74) is 1.41. The molecule has 0 bridgehead atoms. The van der Waals surface area contributed by atoms with Gasteiger partial charge >= 0.3 is 0 Å². The zero-order chi connectivity index (χ0) is 18.9. The van der Waals surface area contributed by atoms with Crippen LogP contribution < -0.4 is 10.6 Å². The molecule has 2 rings (SSSR count). The number of amides is 2. The Morgan fingerprint density at radius 2 is 1.69 bits per heavy atom. The van der Waals surface area contributed by atoms with Crippen molar-refractivity contribution in [3.05, 3.63) is 70.7 Å². The molecule has 0 radical (unpaired) electrons. The highest BCUT2D eigenvalue weighted by molar-refractivity contribution is 6.30. The molecule has 0 saturated carbocycles. The van der Waals surface area contributed by atoms with Crippen molar-refractivity contribution in [3.8, 4) is 0 Å². The maximum atomic E-state index is 12.7. The van der Waals surface area contributed by atoms with E-state index in [-0.39, 0.29) is 17.9 Å². The van der Waals surface area contributed by atoms with Crippen molar-refractivity contribution in [1.29, 1.82) is 0 Å². The maximum absolute atomic E-state index is 12.7. The molecule has 0 aromatic heterocycles. The van der Waals surface area contributed by atoms with Crippen molar-refractivity contribution in [1.82, 2.24) is 10.6 Å². The maximum Gasteiger partial charge on any atom is 0.251 e. The van der Waals surface area contributed by atoms with Gasteiger partial charge in [0.1, 0.15) is 6.04 Å². The van der Waals surface area contributed by atoms with Crippen molar-refractivity contribution in [2.24, 2.45) is 0 Å². The minimum Gasteiger partial charge on any atom is -0.383 e. The molecule has 0 spiro atoms. The smallest absolute Gasteiger partial charge is 0.251 e. The third kappa shape index (κ3) is 6.17. The Morgan fingerprint density at radius 1 is 1.04 bits per heavy atom. The number of carbonyl (C=O) groups is 2. The van der Waals surface area contributed by atoms with Crippen LogP contribution in [0.4, 0.5) is 0 Å². The lowest BCUT2D eigenvalue weighted by Gasteiger charge is -2.21. The van der Waals surface area contributed by atoms with Gasteiger partial charge in [-0.15, -0.1) is 0 Å². The van der Waals surface area contributed by atoms with Gasteiger partial charge in [0.05, 0.1) is 6.61 Å². The first-order chi connectivity index (χ1) is 12.5. The largest absolute Gasteiger partial charge is 0.383 e. The van der Waals surface area contributed by atoms with Gasteiger partial charge < -0.3 is 15.4 Å². The Kier molecular flexibility index (Phi) is 7.63. The topological polar surface area (TPSA) is 67.4 Å². The van der Waals surface area contributed by atoms with E-state index in [4.69, 9.17) is 16.3 Å². The SMILES string of the molecule is COCC(C)NC(=O)C(Cc1ccccc1)NC(=O)c1ccc(Cl)cc1. The van der Waals surface area contributed by atoms with E-state index >= 15 is 0 Å². The molecular weight excluding hydrogens is 352 g/mol. The second-order valence-corrected chi connectivity index (χ2v) is 6.52. The summed E-state index contributed by atoms with van der Waals surface area (Å²) >= 11 is 5.86. The Hall–Kier alpha value is -2.37. The van der Waals surface area contributed by atoms with Crippen LogP contribution in [0.25, 0.3) is 0 Å². The summed E-state index contributed by atoms with van der Waals surface area (Å²) in [6, 6.07) is 15.3. The molecule has 2 amide bonds. The number of benzene rings is 2. The van der Waals surface area contributed by atoms with Crippen LogP contribution in [-0.4, -0.2) is 37.6 Å². The lowest BCUT2D eigenvalue weighted by atomic mass is 10.0. The van der Waals surface area contributed by atoms with Gasteiger partial charge in [0.2, 0.25) is 5.91 Å². The van der Waals surface area contributed by atoms with Crippen LogP contribution in [0.2, 0.25) is 5.02 Å². The number of ether oxygens (including phenoxy) is 1. The predicted molar refractivity (Wildman–Crippen MR) is 102 cm³/mol. The Labute approximate surface area is 158 Å². The first-order valence-corrected chi connectivity index (χ1v) is 8.77. The number of halogens is 1. The number of rotatable bonds is 8. The summed E-state index contributed by atoms with van der Waals surface area (Å²) in [4.78, 5) is 25.2. The molecule has 2 aromatic rings. The van der Waals surface area contributed by atoms with Crippen LogP contribution in [0.3, 0.4) is 0 Å². The minimum absolute atomic E-state index is 0.154. The van der Waals surface area contributed by atoms with E-state index in [0.29, 0.717) is 23.6 Å². The molecule has 0 saturated heterocycles. The average Bonchev–Trinajstić information content (AvgIpc) is 2.62. The molecule has 0 aliphatic heterocycles. The summed E-state index contributed by atoms with van der Waals surface area (Å²) in [7, 11) is 1.58. The van der Waals surface area contributed by atoms with Crippen molar-refractivity contribution in [3.63, 3.8) is 0 Å². The average molecular weight is 375 g/mol. The number of carbonyl (C=O) groups excluding carboxylic acids is 2. The first-order valence-electron chi connectivity index (χ1n) is 8.39. The highest BCUT2D eigenvalue weighted by Gasteiger charge is 2.23. The molecule has 2 aromatic carbocycles. The van der Waals surface area contributed by atoms with Crippen molar-refractivity contribution < 1.29 is 14.3 Å². The fourth-order valence-corrected chi connectivity index (χ4v) is 2.66. The van der Waals surface area contributed by atoms with E-state index < -0.39 is 6.04 Å². The molecule has 2 N–H and O–H groups in total. The van der Waals surface area contributed by atoms with E-state index in [1.54, 1.807) is 31.4 Å². The molecule has 6 heteroatoms. The highest BCUT2D eigenvalue weighted by Crippen LogP contribution is 2.10. The quantitative estimate of drug-likeness (QED) is 0.746. The molecule has 0 fully saturated rings.